The molecule has 0 aliphatic carbocycles. The molecule has 0 aliphatic rings. The number of rotatable bonds is 8. The first-order valence-electron chi connectivity index (χ1n) is 9.68. The summed E-state index contributed by atoms with van der Waals surface area (Å²) in [6, 6.07) is 17.7. The van der Waals surface area contributed by atoms with E-state index in [0.717, 1.165) is 0 Å². The maximum absolute atomic E-state index is 12.2. The molecule has 0 spiro atoms. The van der Waals surface area contributed by atoms with Crippen molar-refractivity contribution in [2.24, 2.45) is 5.10 Å². The molecule has 2 amide bonds. The average Bonchev–Trinajstić information content (AvgIpc) is 2.78. The van der Waals surface area contributed by atoms with Gasteiger partial charge in [-0.1, -0.05) is 23.7 Å². The largest absolute Gasteiger partial charge is 0.484 e. The molecule has 10 heteroatoms. The Hall–Kier alpha value is -4.24. The van der Waals surface area contributed by atoms with E-state index in [1.54, 1.807) is 55.5 Å². The Morgan fingerprint density at radius 3 is 2.58 bits per heavy atom. The molecule has 0 bridgehead atoms. The first-order chi connectivity index (χ1) is 15.8. The zero-order chi connectivity index (χ0) is 23.8. The Balaban J connectivity index is 1.50. The van der Waals surface area contributed by atoms with Crippen molar-refractivity contribution in [2.45, 2.75) is 6.92 Å². The molecule has 2 N–H and O–H groups in total. The van der Waals surface area contributed by atoms with Crippen LogP contribution in [0.4, 0.5) is 11.4 Å². The Labute approximate surface area is 194 Å². The second-order valence-electron chi connectivity index (χ2n) is 6.87. The van der Waals surface area contributed by atoms with Gasteiger partial charge in [0.25, 0.3) is 17.5 Å². The number of benzene rings is 3. The van der Waals surface area contributed by atoms with Gasteiger partial charge < -0.3 is 10.1 Å². The molecular weight excluding hydrogens is 448 g/mol. The van der Waals surface area contributed by atoms with Crippen molar-refractivity contribution in [3.8, 4) is 5.75 Å². The number of carbonyl (C=O) groups excluding carboxylic acids is 2. The van der Waals surface area contributed by atoms with Crippen molar-refractivity contribution in [1.82, 2.24) is 5.43 Å². The number of nitro benzene ring substituents is 1. The number of hydrogen-bond donors (Lipinski definition) is 2. The molecule has 0 atom stereocenters. The zero-order valence-electron chi connectivity index (χ0n) is 17.4. The number of nitro groups is 1. The summed E-state index contributed by atoms with van der Waals surface area (Å²) in [7, 11) is 0. The molecule has 3 rings (SSSR count). The third kappa shape index (κ3) is 6.88. The van der Waals surface area contributed by atoms with E-state index < -0.39 is 10.8 Å². The minimum Gasteiger partial charge on any atom is -0.484 e. The Morgan fingerprint density at radius 2 is 1.88 bits per heavy atom. The molecule has 0 aromatic heterocycles. The molecule has 3 aromatic carbocycles. The fraction of sp³-hybridized carbons (Fsp3) is 0.0870. The predicted octanol–water partition coefficient (Wildman–Crippen LogP) is 4.34. The summed E-state index contributed by atoms with van der Waals surface area (Å²) >= 11 is 5.88. The maximum atomic E-state index is 12.2. The molecule has 0 fully saturated rings. The molecule has 0 saturated carbocycles. The fourth-order valence-corrected chi connectivity index (χ4v) is 2.93. The molecule has 33 heavy (non-hydrogen) atoms. The number of amides is 2. The monoisotopic (exact) mass is 466 g/mol. The van der Waals surface area contributed by atoms with Gasteiger partial charge in [0.2, 0.25) is 0 Å². The number of halogens is 1. The number of aryl methyl sites for hydroxylation is 1. The molecular formula is C23H19ClN4O5. The van der Waals surface area contributed by atoms with Crippen LogP contribution in [0.2, 0.25) is 5.02 Å². The van der Waals surface area contributed by atoms with Crippen molar-refractivity contribution in [1.29, 1.82) is 0 Å². The Kier molecular flexibility index (Phi) is 7.72. The van der Waals surface area contributed by atoms with Gasteiger partial charge in [-0.15, -0.1) is 0 Å². The van der Waals surface area contributed by atoms with Crippen LogP contribution in [0, 0.1) is 17.0 Å². The van der Waals surface area contributed by atoms with Crippen LogP contribution in [0.25, 0.3) is 0 Å². The molecule has 0 aliphatic heterocycles. The lowest BCUT2D eigenvalue weighted by molar-refractivity contribution is -0.385. The highest BCUT2D eigenvalue weighted by atomic mass is 35.5. The van der Waals surface area contributed by atoms with E-state index in [1.165, 1.54) is 24.4 Å². The molecule has 0 radical (unpaired) electrons. The lowest BCUT2D eigenvalue weighted by Crippen LogP contribution is -2.20. The number of anilines is 1. The predicted molar refractivity (Wildman–Crippen MR) is 125 cm³/mol. The van der Waals surface area contributed by atoms with Gasteiger partial charge in [0.15, 0.2) is 6.61 Å². The van der Waals surface area contributed by atoms with Gasteiger partial charge in [0.1, 0.15) is 5.75 Å². The summed E-state index contributed by atoms with van der Waals surface area (Å²) in [5, 5.41) is 18.1. The summed E-state index contributed by atoms with van der Waals surface area (Å²) in [5.74, 6) is -0.425. The highest BCUT2D eigenvalue weighted by molar-refractivity contribution is 6.30. The Morgan fingerprint density at radius 1 is 1.12 bits per heavy atom. The fourth-order valence-electron chi connectivity index (χ4n) is 2.74. The minimum atomic E-state index is -0.569. The standard InChI is InChI=1S/C23H19ClN4O5/c1-15-5-8-17(11-21(15)28(31)32)23(30)27-25-13-16-6-9-20(10-7-16)33-14-22(29)26-19-4-2-3-18(24)12-19/h2-13H,14H2,1H3,(H,26,29)(H,27,30)/b25-13-. The van der Waals surface area contributed by atoms with Crippen molar-refractivity contribution in [2.75, 3.05) is 11.9 Å². The molecule has 0 unspecified atom stereocenters. The van der Waals surface area contributed by atoms with Crippen molar-refractivity contribution in [3.63, 3.8) is 0 Å². The van der Waals surface area contributed by atoms with E-state index in [2.05, 4.69) is 15.8 Å². The normalized spacial score (nSPS) is 10.6. The van der Waals surface area contributed by atoms with E-state index in [0.29, 0.717) is 27.6 Å². The van der Waals surface area contributed by atoms with E-state index in [-0.39, 0.29) is 23.8 Å². The third-order valence-corrected chi connectivity index (χ3v) is 4.64. The molecule has 168 valence electrons. The van der Waals surface area contributed by atoms with Crippen LogP contribution in [-0.4, -0.2) is 29.6 Å². The lowest BCUT2D eigenvalue weighted by atomic mass is 10.1. The average molecular weight is 467 g/mol. The highest BCUT2D eigenvalue weighted by Crippen LogP contribution is 2.19. The molecule has 9 nitrogen and oxygen atoms in total. The van der Waals surface area contributed by atoms with Gasteiger partial charge in [-0.3, -0.25) is 19.7 Å². The van der Waals surface area contributed by atoms with Crippen LogP contribution in [0.15, 0.2) is 71.8 Å². The van der Waals surface area contributed by atoms with Gasteiger partial charge in [0, 0.05) is 27.9 Å². The SMILES string of the molecule is Cc1ccc(C(=O)N/N=C\c2ccc(OCC(=O)Nc3cccc(Cl)c3)cc2)cc1[N+](=O)[O-]. The van der Waals surface area contributed by atoms with Gasteiger partial charge in [0.05, 0.1) is 11.1 Å². The van der Waals surface area contributed by atoms with Gasteiger partial charge in [-0.25, -0.2) is 5.43 Å². The second kappa shape index (κ2) is 10.9. The van der Waals surface area contributed by atoms with E-state index >= 15 is 0 Å². The highest BCUT2D eigenvalue weighted by Gasteiger charge is 2.14. The van der Waals surface area contributed by atoms with E-state index in [9.17, 15) is 19.7 Å². The lowest BCUT2D eigenvalue weighted by Gasteiger charge is -2.08. The third-order valence-electron chi connectivity index (χ3n) is 4.41. The van der Waals surface area contributed by atoms with Crippen molar-refractivity contribution < 1.29 is 19.2 Å². The number of ether oxygens (including phenoxy) is 1. The van der Waals surface area contributed by atoms with Crippen LogP contribution < -0.4 is 15.5 Å². The van der Waals surface area contributed by atoms with Crippen LogP contribution in [0.5, 0.6) is 5.75 Å². The molecule has 3 aromatic rings. The van der Waals surface area contributed by atoms with Crippen LogP contribution in [-0.2, 0) is 4.79 Å². The number of carbonyl (C=O) groups is 2. The number of nitrogens with zero attached hydrogens (tertiary/aromatic N) is 2. The number of hydrogen-bond acceptors (Lipinski definition) is 6. The summed E-state index contributed by atoms with van der Waals surface area (Å²) in [5.41, 5.74) is 4.03. The second-order valence-corrected chi connectivity index (χ2v) is 7.31. The van der Waals surface area contributed by atoms with Crippen molar-refractivity contribution in [3.05, 3.63) is 98.6 Å². The summed E-state index contributed by atoms with van der Waals surface area (Å²) < 4.78 is 5.45. The zero-order valence-corrected chi connectivity index (χ0v) is 18.2. The van der Waals surface area contributed by atoms with Crippen LogP contribution in [0.1, 0.15) is 21.5 Å². The molecule has 0 saturated heterocycles. The maximum Gasteiger partial charge on any atom is 0.273 e. The smallest absolute Gasteiger partial charge is 0.273 e. The van der Waals surface area contributed by atoms with Crippen LogP contribution in [0.3, 0.4) is 0 Å². The van der Waals surface area contributed by atoms with E-state index in [4.69, 9.17) is 16.3 Å². The van der Waals surface area contributed by atoms with E-state index in [1.807, 2.05) is 0 Å². The number of hydrazone groups is 1. The summed E-state index contributed by atoms with van der Waals surface area (Å²) in [6.07, 6.45) is 1.41. The summed E-state index contributed by atoms with van der Waals surface area (Å²) in [4.78, 5) is 34.6. The first-order valence-corrected chi connectivity index (χ1v) is 10.1. The molecule has 0 heterocycles. The summed E-state index contributed by atoms with van der Waals surface area (Å²) in [6.45, 7) is 1.41. The minimum absolute atomic E-state index is 0.129. The van der Waals surface area contributed by atoms with Crippen molar-refractivity contribution >= 4 is 41.0 Å². The quantitative estimate of drug-likeness (QED) is 0.290. The van der Waals surface area contributed by atoms with Crippen LogP contribution >= 0.6 is 11.6 Å². The first kappa shape index (κ1) is 23.4. The van der Waals surface area contributed by atoms with Gasteiger partial charge in [-0.05, 0) is 61.0 Å². The topological polar surface area (TPSA) is 123 Å². The Bertz CT molecular complexity index is 1210. The number of nitrogens with one attached hydrogen (secondary N) is 2. The van der Waals surface area contributed by atoms with Gasteiger partial charge >= 0.3 is 0 Å². The van der Waals surface area contributed by atoms with Gasteiger partial charge in [-0.2, -0.15) is 5.10 Å².